The van der Waals surface area contributed by atoms with E-state index in [1.54, 1.807) is 6.92 Å². The van der Waals surface area contributed by atoms with Gasteiger partial charge in [0.15, 0.2) is 11.5 Å². The number of aldehydes is 1. The van der Waals surface area contributed by atoms with Gasteiger partial charge >= 0.3 is 5.97 Å². The zero-order valence-electron chi connectivity index (χ0n) is 10.0. The maximum Gasteiger partial charge on any atom is 0.384 e. The second kappa shape index (κ2) is 6.30. The maximum atomic E-state index is 10.9. The van der Waals surface area contributed by atoms with Gasteiger partial charge in [-0.15, -0.1) is 0 Å². The number of rotatable bonds is 3. The summed E-state index contributed by atoms with van der Waals surface area (Å²) in [5.74, 6) is 3.80. The molecule has 0 amide bonds. The summed E-state index contributed by atoms with van der Waals surface area (Å²) in [4.78, 5) is 21.6. The van der Waals surface area contributed by atoms with Crippen LogP contribution in [0.3, 0.4) is 0 Å². The highest BCUT2D eigenvalue weighted by molar-refractivity contribution is 5.89. The Kier molecular flexibility index (Phi) is 4.76. The van der Waals surface area contributed by atoms with Crippen molar-refractivity contribution in [2.75, 3.05) is 13.7 Å². The number of ether oxygens (including phenoxy) is 2. The minimum Gasteiger partial charge on any atom is -0.503 e. The van der Waals surface area contributed by atoms with Crippen molar-refractivity contribution in [2.24, 2.45) is 0 Å². The van der Waals surface area contributed by atoms with Crippen LogP contribution in [0.25, 0.3) is 0 Å². The molecule has 0 fully saturated rings. The van der Waals surface area contributed by atoms with E-state index in [4.69, 9.17) is 4.74 Å². The van der Waals surface area contributed by atoms with Crippen molar-refractivity contribution in [3.63, 3.8) is 0 Å². The lowest BCUT2D eigenvalue weighted by molar-refractivity contribution is -0.133. The molecule has 18 heavy (non-hydrogen) atoms. The number of benzene rings is 1. The standard InChI is InChI=1S/C13H12O5/c1-3-18-11-7-9(8-14)6-10(13(11)16)4-5-12(15)17-2/h6-8,16H,3H2,1-2H3. The summed E-state index contributed by atoms with van der Waals surface area (Å²) in [5.41, 5.74) is 0.430. The van der Waals surface area contributed by atoms with Crippen LogP contribution in [0, 0.1) is 11.8 Å². The summed E-state index contributed by atoms with van der Waals surface area (Å²) < 4.78 is 9.51. The Hall–Kier alpha value is -2.48. The van der Waals surface area contributed by atoms with Crippen LogP contribution in [0.1, 0.15) is 22.8 Å². The van der Waals surface area contributed by atoms with Crippen LogP contribution in [0.5, 0.6) is 11.5 Å². The molecule has 0 radical (unpaired) electrons. The Balaban J connectivity index is 3.23. The first kappa shape index (κ1) is 13.6. The molecule has 1 aromatic carbocycles. The molecular weight excluding hydrogens is 236 g/mol. The number of phenols is 1. The van der Waals surface area contributed by atoms with Gasteiger partial charge in [-0.25, -0.2) is 4.79 Å². The molecular formula is C13H12O5. The highest BCUT2D eigenvalue weighted by Crippen LogP contribution is 2.30. The predicted molar refractivity (Wildman–Crippen MR) is 63.6 cm³/mol. The molecule has 0 saturated carbocycles. The minimum absolute atomic E-state index is 0.133. The van der Waals surface area contributed by atoms with Crippen molar-refractivity contribution in [2.45, 2.75) is 6.92 Å². The fourth-order valence-electron chi connectivity index (χ4n) is 1.23. The van der Waals surface area contributed by atoms with E-state index in [1.165, 1.54) is 19.2 Å². The Morgan fingerprint density at radius 1 is 1.50 bits per heavy atom. The average molecular weight is 248 g/mol. The van der Waals surface area contributed by atoms with Crippen LogP contribution < -0.4 is 4.74 Å². The fourth-order valence-corrected chi connectivity index (χ4v) is 1.23. The first-order valence-corrected chi connectivity index (χ1v) is 5.17. The van der Waals surface area contributed by atoms with Crippen LogP contribution in [-0.2, 0) is 9.53 Å². The predicted octanol–water partition coefficient (Wildman–Crippen LogP) is 1.13. The average Bonchev–Trinajstić information content (AvgIpc) is 2.39. The minimum atomic E-state index is -0.733. The number of hydrogen-bond donors (Lipinski definition) is 1. The first-order valence-electron chi connectivity index (χ1n) is 5.17. The molecule has 0 spiro atoms. The van der Waals surface area contributed by atoms with Crippen LogP contribution in [-0.4, -0.2) is 31.1 Å². The molecule has 5 heteroatoms. The molecule has 1 rings (SSSR count). The fraction of sp³-hybridized carbons (Fsp3) is 0.231. The zero-order valence-corrected chi connectivity index (χ0v) is 10.0. The Morgan fingerprint density at radius 3 is 2.78 bits per heavy atom. The SMILES string of the molecule is CCOc1cc(C=O)cc(C#CC(=O)OC)c1O. The van der Waals surface area contributed by atoms with Crippen molar-refractivity contribution < 1.29 is 24.2 Å². The van der Waals surface area contributed by atoms with Gasteiger partial charge in [-0.2, -0.15) is 0 Å². The quantitative estimate of drug-likeness (QED) is 0.493. The van der Waals surface area contributed by atoms with Crippen LogP contribution in [0.15, 0.2) is 12.1 Å². The Bertz CT molecular complexity index is 522. The first-order chi connectivity index (χ1) is 8.62. The Morgan fingerprint density at radius 2 is 2.22 bits per heavy atom. The monoisotopic (exact) mass is 248 g/mol. The third kappa shape index (κ3) is 3.25. The summed E-state index contributed by atoms with van der Waals surface area (Å²) in [6.07, 6.45) is 0.602. The molecule has 5 nitrogen and oxygen atoms in total. The highest BCUT2D eigenvalue weighted by Gasteiger charge is 2.09. The molecule has 0 bridgehead atoms. The molecule has 1 N–H and O–H groups in total. The molecule has 0 unspecified atom stereocenters. The van der Waals surface area contributed by atoms with Gasteiger partial charge in [0.2, 0.25) is 0 Å². The third-order valence-electron chi connectivity index (χ3n) is 2.02. The molecule has 94 valence electrons. The topological polar surface area (TPSA) is 72.8 Å². The molecule has 0 aliphatic heterocycles. The summed E-state index contributed by atoms with van der Waals surface area (Å²) in [6, 6.07) is 2.76. The van der Waals surface area contributed by atoms with Gasteiger partial charge in [0, 0.05) is 11.5 Å². The van der Waals surface area contributed by atoms with Crippen molar-refractivity contribution in [3.8, 4) is 23.3 Å². The normalized spacial score (nSPS) is 9.00. The lowest BCUT2D eigenvalue weighted by Crippen LogP contribution is -1.97. The molecule has 0 atom stereocenters. The third-order valence-corrected chi connectivity index (χ3v) is 2.02. The van der Waals surface area contributed by atoms with E-state index in [2.05, 4.69) is 16.6 Å². The smallest absolute Gasteiger partial charge is 0.384 e. The second-order valence-electron chi connectivity index (χ2n) is 3.21. The van der Waals surface area contributed by atoms with Gasteiger partial charge in [0.1, 0.15) is 6.29 Å². The van der Waals surface area contributed by atoms with E-state index in [0.717, 1.165) is 0 Å². The van der Waals surface area contributed by atoms with Gasteiger partial charge in [0.05, 0.1) is 19.3 Å². The van der Waals surface area contributed by atoms with E-state index in [0.29, 0.717) is 18.5 Å². The number of hydrogen-bond acceptors (Lipinski definition) is 5. The molecule has 0 saturated heterocycles. The van der Waals surface area contributed by atoms with E-state index in [1.807, 2.05) is 0 Å². The van der Waals surface area contributed by atoms with Crippen LogP contribution in [0.4, 0.5) is 0 Å². The van der Waals surface area contributed by atoms with Gasteiger partial charge < -0.3 is 14.6 Å². The molecule has 0 aliphatic rings. The van der Waals surface area contributed by atoms with E-state index >= 15 is 0 Å². The van der Waals surface area contributed by atoms with Crippen molar-refractivity contribution in [1.29, 1.82) is 0 Å². The number of methoxy groups -OCH3 is 1. The highest BCUT2D eigenvalue weighted by atomic mass is 16.5. The van der Waals surface area contributed by atoms with Gasteiger partial charge in [0.25, 0.3) is 0 Å². The summed E-state index contributed by atoms with van der Waals surface area (Å²) in [5, 5.41) is 9.83. The van der Waals surface area contributed by atoms with Gasteiger partial charge in [-0.05, 0) is 19.1 Å². The molecule has 0 aromatic heterocycles. The van der Waals surface area contributed by atoms with E-state index in [-0.39, 0.29) is 17.1 Å². The van der Waals surface area contributed by atoms with Gasteiger partial charge in [-0.3, -0.25) is 4.79 Å². The summed E-state index contributed by atoms with van der Waals surface area (Å²) in [6.45, 7) is 2.08. The summed E-state index contributed by atoms with van der Waals surface area (Å²) in [7, 11) is 1.20. The van der Waals surface area contributed by atoms with E-state index in [9.17, 15) is 14.7 Å². The van der Waals surface area contributed by atoms with Gasteiger partial charge in [-0.1, -0.05) is 5.92 Å². The molecule has 0 heterocycles. The zero-order chi connectivity index (χ0) is 13.5. The number of carbonyl (C=O) groups is 2. The number of aromatic hydroxyl groups is 1. The Labute approximate surface area is 104 Å². The van der Waals surface area contributed by atoms with Crippen molar-refractivity contribution >= 4 is 12.3 Å². The molecule has 1 aromatic rings. The lowest BCUT2D eigenvalue weighted by Gasteiger charge is -2.07. The van der Waals surface area contributed by atoms with Crippen molar-refractivity contribution in [1.82, 2.24) is 0 Å². The van der Waals surface area contributed by atoms with Crippen LogP contribution >= 0.6 is 0 Å². The van der Waals surface area contributed by atoms with E-state index < -0.39 is 5.97 Å². The number of carbonyl (C=O) groups excluding carboxylic acids is 2. The number of esters is 1. The molecule has 0 aliphatic carbocycles. The second-order valence-corrected chi connectivity index (χ2v) is 3.21. The maximum absolute atomic E-state index is 10.9. The lowest BCUT2D eigenvalue weighted by atomic mass is 10.1. The van der Waals surface area contributed by atoms with Crippen molar-refractivity contribution in [3.05, 3.63) is 23.3 Å². The largest absolute Gasteiger partial charge is 0.503 e. The number of phenolic OH excluding ortho intramolecular Hbond substituents is 1. The summed E-state index contributed by atoms with van der Waals surface area (Å²) >= 11 is 0. The van der Waals surface area contributed by atoms with Crippen LogP contribution in [0.2, 0.25) is 0 Å².